The van der Waals surface area contributed by atoms with Gasteiger partial charge in [0.2, 0.25) is 12.6 Å². The third-order valence-corrected chi connectivity index (χ3v) is 6.85. The van der Waals surface area contributed by atoms with Crippen molar-refractivity contribution in [2.24, 2.45) is 0 Å². The lowest BCUT2D eigenvalue weighted by molar-refractivity contribution is -0.278. The quantitative estimate of drug-likeness (QED) is 0.115. The van der Waals surface area contributed by atoms with E-state index in [1.807, 2.05) is 0 Å². The normalized spacial score (nSPS) is 35.3. The molecule has 0 radical (unpaired) electrons. The van der Waals surface area contributed by atoms with Crippen molar-refractivity contribution >= 4 is 21.7 Å². The summed E-state index contributed by atoms with van der Waals surface area (Å²) < 4.78 is 27.9. The first-order valence-electron chi connectivity index (χ1n) is 12.1. The van der Waals surface area contributed by atoms with Crippen LogP contribution in [-0.4, -0.2) is 115 Å². The number of fused-ring (bicyclic) bond motifs is 3. The molecule has 212 valence electrons. The molecule has 0 aliphatic carbocycles. The van der Waals surface area contributed by atoms with Gasteiger partial charge in [0.25, 0.3) is 0 Å². The van der Waals surface area contributed by atoms with E-state index < -0.39 is 80.3 Å². The average Bonchev–Trinajstić information content (AvgIpc) is 2.93. The fourth-order valence-corrected chi connectivity index (χ4v) is 4.70. The lowest BCUT2D eigenvalue weighted by atomic mass is 9.99. The van der Waals surface area contributed by atoms with Gasteiger partial charge in [0.05, 0.1) is 24.0 Å². The second-order valence-electron chi connectivity index (χ2n) is 9.36. The molecule has 14 heteroatoms. The molecule has 5 rings (SSSR count). The van der Waals surface area contributed by atoms with Crippen molar-refractivity contribution in [2.75, 3.05) is 13.2 Å². The summed E-state index contributed by atoms with van der Waals surface area (Å²) in [6.45, 7) is -1.38. The maximum atomic E-state index is 12.7. The van der Waals surface area contributed by atoms with E-state index in [2.05, 4.69) is 0 Å². The van der Waals surface area contributed by atoms with Crippen molar-refractivity contribution < 1.29 is 64.2 Å². The van der Waals surface area contributed by atoms with E-state index in [0.717, 1.165) is 0 Å². The Morgan fingerprint density at radius 3 is 1.79 bits per heavy atom. The van der Waals surface area contributed by atoms with Crippen LogP contribution < -0.4 is 15.1 Å². The van der Waals surface area contributed by atoms with Crippen LogP contribution in [0.5, 0.6) is 11.5 Å². The first-order valence-corrected chi connectivity index (χ1v) is 12.1. The number of benzene rings is 2. The molecule has 3 heterocycles. The van der Waals surface area contributed by atoms with E-state index in [-0.39, 0.29) is 27.9 Å². The standard InChI is InChI=1S/C25H28O14/c26-7-14-17(28)19(30)21(32)24(38-14)35-9-5-12-16(10-3-1-2-4-11(10)23(34)36-12)13(6-9)37-25-22(33)20(31)18(29)15(8-27)39-25/h1-6,14-15,17-22,24-33H,7-8H2/t14-,15-,17-,18-,19+,20+,21-,22-,24-,25-/m1/s1. The van der Waals surface area contributed by atoms with Gasteiger partial charge in [-0.05, 0) is 6.07 Å². The van der Waals surface area contributed by atoms with Gasteiger partial charge in [-0.3, -0.25) is 0 Å². The summed E-state index contributed by atoms with van der Waals surface area (Å²) in [5.41, 5.74) is -0.748. The van der Waals surface area contributed by atoms with Crippen molar-refractivity contribution in [1.29, 1.82) is 0 Å². The Morgan fingerprint density at radius 2 is 1.23 bits per heavy atom. The predicted molar refractivity (Wildman–Crippen MR) is 129 cm³/mol. The number of hydrogen-bond donors (Lipinski definition) is 8. The molecule has 0 unspecified atom stereocenters. The summed E-state index contributed by atoms with van der Waals surface area (Å²) in [6.07, 6.45) is -15.9. The van der Waals surface area contributed by atoms with Gasteiger partial charge in [-0.2, -0.15) is 0 Å². The maximum absolute atomic E-state index is 12.7. The first-order chi connectivity index (χ1) is 18.6. The van der Waals surface area contributed by atoms with E-state index >= 15 is 0 Å². The monoisotopic (exact) mass is 552 g/mol. The lowest BCUT2D eigenvalue weighted by Crippen LogP contribution is -2.60. The molecule has 2 saturated heterocycles. The minimum absolute atomic E-state index is 0.0552. The fraction of sp³-hybridized carbons (Fsp3) is 0.480. The zero-order valence-electron chi connectivity index (χ0n) is 20.2. The van der Waals surface area contributed by atoms with Gasteiger partial charge >= 0.3 is 5.63 Å². The molecule has 14 nitrogen and oxygen atoms in total. The van der Waals surface area contributed by atoms with Crippen LogP contribution in [0.3, 0.4) is 0 Å². The van der Waals surface area contributed by atoms with Crippen molar-refractivity contribution in [3.63, 3.8) is 0 Å². The van der Waals surface area contributed by atoms with Crippen LogP contribution in [0.4, 0.5) is 0 Å². The number of rotatable bonds is 6. The Labute approximate surface area is 219 Å². The molecular weight excluding hydrogens is 524 g/mol. The van der Waals surface area contributed by atoms with Crippen LogP contribution >= 0.6 is 0 Å². The summed E-state index contributed by atoms with van der Waals surface area (Å²) in [5, 5.41) is 81.2. The highest BCUT2D eigenvalue weighted by Crippen LogP contribution is 2.38. The van der Waals surface area contributed by atoms with E-state index in [0.29, 0.717) is 5.39 Å². The smallest absolute Gasteiger partial charge is 0.344 e. The number of ether oxygens (including phenoxy) is 4. The molecule has 0 spiro atoms. The van der Waals surface area contributed by atoms with E-state index in [1.54, 1.807) is 18.2 Å². The summed E-state index contributed by atoms with van der Waals surface area (Å²) in [5.74, 6) is -0.207. The number of aliphatic hydroxyl groups excluding tert-OH is 8. The van der Waals surface area contributed by atoms with Crippen molar-refractivity contribution in [1.82, 2.24) is 0 Å². The molecule has 1 aromatic heterocycles. The molecule has 0 amide bonds. The van der Waals surface area contributed by atoms with Gasteiger partial charge in [0.1, 0.15) is 65.9 Å². The Bertz CT molecular complexity index is 1370. The SMILES string of the molecule is O=c1oc2cc(O[C@@H]3O[C@H](CO)[C@@H](O)[C@H](O)[C@H]3O)cc(O[C@@H]3O[C@H](CO)[C@@H](O)[C@H](O)[C@H]3O)c2c2ccccc12. The van der Waals surface area contributed by atoms with Crippen LogP contribution in [0.25, 0.3) is 21.7 Å². The molecule has 8 N–H and O–H groups in total. The molecule has 2 aliphatic heterocycles. The second-order valence-corrected chi connectivity index (χ2v) is 9.36. The molecule has 0 saturated carbocycles. The van der Waals surface area contributed by atoms with Crippen LogP contribution in [-0.2, 0) is 9.47 Å². The molecule has 39 heavy (non-hydrogen) atoms. The highest BCUT2D eigenvalue weighted by molar-refractivity contribution is 6.08. The fourth-order valence-electron chi connectivity index (χ4n) is 4.70. The zero-order valence-corrected chi connectivity index (χ0v) is 20.2. The van der Waals surface area contributed by atoms with Crippen LogP contribution in [0.2, 0.25) is 0 Å². The van der Waals surface area contributed by atoms with Gasteiger partial charge in [0.15, 0.2) is 0 Å². The minimum atomic E-state index is -1.75. The van der Waals surface area contributed by atoms with Crippen molar-refractivity contribution in [3.8, 4) is 11.5 Å². The topological polar surface area (TPSA) is 229 Å². The van der Waals surface area contributed by atoms with E-state index in [1.165, 1.54) is 18.2 Å². The van der Waals surface area contributed by atoms with Crippen molar-refractivity contribution in [2.45, 2.75) is 61.4 Å². The second kappa shape index (κ2) is 10.9. The molecule has 0 bridgehead atoms. The molecule has 2 fully saturated rings. The highest BCUT2D eigenvalue weighted by atomic mass is 16.7. The van der Waals surface area contributed by atoms with Crippen LogP contribution in [0, 0.1) is 0 Å². The number of aliphatic hydroxyl groups is 8. The first kappa shape index (κ1) is 27.7. The van der Waals surface area contributed by atoms with Gasteiger partial charge in [0, 0.05) is 17.5 Å². The van der Waals surface area contributed by atoms with Gasteiger partial charge in [-0.1, -0.05) is 18.2 Å². The van der Waals surface area contributed by atoms with Crippen LogP contribution in [0.1, 0.15) is 0 Å². The maximum Gasteiger partial charge on any atom is 0.344 e. The van der Waals surface area contributed by atoms with Crippen LogP contribution in [0.15, 0.2) is 45.6 Å². The minimum Gasteiger partial charge on any atom is -0.462 e. The zero-order chi connectivity index (χ0) is 28.0. The third-order valence-electron chi connectivity index (χ3n) is 6.85. The van der Waals surface area contributed by atoms with Crippen molar-refractivity contribution in [3.05, 3.63) is 46.8 Å². The van der Waals surface area contributed by atoms with E-state index in [9.17, 15) is 45.6 Å². The largest absolute Gasteiger partial charge is 0.462 e. The van der Waals surface area contributed by atoms with E-state index in [4.69, 9.17) is 23.4 Å². The third kappa shape index (κ3) is 4.96. The lowest BCUT2D eigenvalue weighted by Gasteiger charge is -2.40. The summed E-state index contributed by atoms with van der Waals surface area (Å²) in [7, 11) is 0. The van der Waals surface area contributed by atoms with Gasteiger partial charge < -0.3 is 64.2 Å². The summed E-state index contributed by atoms with van der Waals surface area (Å²) in [4.78, 5) is 12.7. The molecule has 2 aromatic carbocycles. The molecular formula is C25H28O14. The summed E-state index contributed by atoms with van der Waals surface area (Å²) >= 11 is 0. The molecule has 10 atom stereocenters. The Kier molecular flexibility index (Phi) is 7.76. The molecule has 2 aliphatic rings. The highest BCUT2D eigenvalue weighted by Gasteiger charge is 2.46. The van der Waals surface area contributed by atoms with Gasteiger partial charge in [-0.15, -0.1) is 0 Å². The Morgan fingerprint density at radius 1 is 0.692 bits per heavy atom. The number of hydrogen-bond acceptors (Lipinski definition) is 14. The van der Waals surface area contributed by atoms with Gasteiger partial charge in [-0.25, -0.2) is 4.79 Å². The Balaban J connectivity index is 1.59. The average molecular weight is 552 g/mol. The summed E-state index contributed by atoms with van der Waals surface area (Å²) in [6, 6.07) is 8.99. The Hall–Kier alpha value is -2.89. The molecule has 3 aromatic rings. The predicted octanol–water partition coefficient (Wildman–Crippen LogP) is -2.70.